The van der Waals surface area contributed by atoms with Crippen LogP contribution in [0, 0.1) is 5.82 Å². The van der Waals surface area contributed by atoms with Gasteiger partial charge in [-0.2, -0.15) is 0 Å². The third kappa shape index (κ3) is 5.38. The van der Waals surface area contributed by atoms with E-state index in [1.807, 2.05) is 0 Å². The number of nitrogens with one attached hydrogen (secondary N) is 1. The van der Waals surface area contributed by atoms with Gasteiger partial charge in [0.25, 0.3) is 0 Å². The van der Waals surface area contributed by atoms with Gasteiger partial charge in [-0.1, -0.05) is 12.1 Å². The molecule has 0 saturated carbocycles. The number of nitrogens with zero attached hydrogens (tertiary/aromatic N) is 1. The first kappa shape index (κ1) is 19.1. The Labute approximate surface area is 146 Å². The van der Waals surface area contributed by atoms with E-state index in [4.69, 9.17) is 0 Å². The van der Waals surface area contributed by atoms with E-state index in [0.717, 1.165) is 0 Å². The van der Waals surface area contributed by atoms with E-state index < -0.39 is 21.8 Å². The second kappa shape index (κ2) is 7.77. The van der Waals surface area contributed by atoms with Crippen LogP contribution in [0.25, 0.3) is 5.57 Å². The Morgan fingerprint density at radius 2 is 1.76 bits per heavy atom. The quantitative estimate of drug-likeness (QED) is 0.804. The van der Waals surface area contributed by atoms with Gasteiger partial charge in [-0.25, -0.2) is 12.8 Å². The molecule has 0 radical (unpaired) electrons. The first-order valence-corrected chi connectivity index (χ1v) is 9.74. The molecular formula is C17H21FN2O4S. The predicted molar refractivity (Wildman–Crippen MR) is 92.9 cm³/mol. The summed E-state index contributed by atoms with van der Waals surface area (Å²) in [5.41, 5.74) is 1.35. The van der Waals surface area contributed by atoms with Crippen molar-refractivity contribution < 1.29 is 22.4 Å². The van der Waals surface area contributed by atoms with Crippen LogP contribution in [-0.2, 0) is 19.4 Å². The summed E-state index contributed by atoms with van der Waals surface area (Å²) in [6.45, 7) is 3.57. The summed E-state index contributed by atoms with van der Waals surface area (Å²) in [5, 5.41) is 2.58. The predicted octanol–water partition coefficient (Wildman–Crippen LogP) is 0.991. The molecule has 2 amide bonds. The van der Waals surface area contributed by atoms with Gasteiger partial charge in [0.1, 0.15) is 11.9 Å². The van der Waals surface area contributed by atoms with Crippen LogP contribution in [-0.4, -0.2) is 55.8 Å². The highest BCUT2D eigenvalue weighted by Crippen LogP contribution is 2.14. The summed E-state index contributed by atoms with van der Waals surface area (Å²) in [4.78, 5) is 25.8. The van der Waals surface area contributed by atoms with Gasteiger partial charge in [0, 0.05) is 19.2 Å². The molecule has 1 saturated heterocycles. The number of carbonyl (C=O) groups excluding carboxylic acids is 2. The Kier molecular flexibility index (Phi) is 5.94. The molecule has 136 valence electrons. The third-order valence-corrected chi connectivity index (χ3v) is 5.64. The van der Waals surface area contributed by atoms with E-state index in [-0.39, 0.29) is 36.3 Å². The monoisotopic (exact) mass is 368 g/mol. The van der Waals surface area contributed by atoms with Crippen molar-refractivity contribution in [1.29, 1.82) is 0 Å². The van der Waals surface area contributed by atoms with E-state index in [0.29, 0.717) is 11.1 Å². The zero-order valence-electron chi connectivity index (χ0n) is 14.2. The summed E-state index contributed by atoms with van der Waals surface area (Å²) in [6, 6.07) is 4.99. The van der Waals surface area contributed by atoms with Crippen LogP contribution in [0.1, 0.15) is 19.4 Å². The molecule has 1 aromatic rings. The number of halogens is 1. The first-order chi connectivity index (χ1) is 11.7. The van der Waals surface area contributed by atoms with E-state index in [1.165, 1.54) is 23.1 Å². The minimum absolute atomic E-state index is 0.0526. The molecule has 25 heavy (non-hydrogen) atoms. The Balaban J connectivity index is 1.94. The second-order valence-corrected chi connectivity index (χ2v) is 8.35. The maximum atomic E-state index is 12.9. The van der Waals surface area contributed by atoms with Crippen LogP contribution in [0.4, 0.5) is 4.39 Å². The zero-order valence-corrected chi connectivity index (χ0v) is 15.0. The van der Waals surface area contributed by atoms with Crippen molar-refractivity contribution in [2.45, 2.75) is 19.9 Å². The largest absolute Gasteiger partial charge is 0.341 e. The number of benzene rings is 1. The van der Waals surface area contributed by atoms with Crippen LogP contribution in [0.5, 0.6) is 0 Å². The number of sulfone groups is 1. The van der Waals surface area contributed by atoms with Crippen molar-refractivity contribution >= 4 is 27.2 Å². The molecule has 1 aromatic carbocycles. The molecule has 0 bridgehead atoms. The molecule has 6 nitrogen and oxygen atoms in total. The number of carbonyl (C=O) groups is 2. The van der Waals surface area contributed by atoms with Crippen LogP contribution < -0.4 is 5.32 Å². The summed E-state index contributed by atoms with van der Waals surface area (Å²) >= 11 is 0. The van der Waals surface area contributed by atoms with E-state index in [2.05, 4.69) is 5.32 Å². The van der Waals surface area contributed by atoms with Crippen LogP contribution >= 0.6 is 0 Å². The topological polar surface area (TPSA) is 83.6 Å². The molecule has 0 aromatic heterocycles. The molecule has 1 aliphatic heterocycles. The molecule has 1 heterocycles. The van der Waals surface area contributed by atoms with Gasteiger partial charge in [0.2, 0.25) is 11.8 Å². The Morgan fingerprint density at radius 3 is 2.32 bits per heavy atom. The highest BCUT2D eigenvalue weighted by atomic mass is 32.2. The number of rotatable bonds is 4. The lowest BCUT2D eigenvalue weighted by molar-refractivity contribution is -0.134. The van der Waals surface area contributed by atoms with Crippen molar-refractivity contribution in [3.8, 4) is 0 Å². The van der Waals surface area contributed by atoms with Crippen molar-refractivity contribution in [2.24, 2.45) is 0 Å². The van der Waals surface area contributed by atoms with Gasteiger partial charge in [-0.3, -0.25) is 9.59 Å². The van der Waals surface area contributed by atoms with E-state index >= 15 is 0 Å². The van der Waals surface area contributed by atoms with Crippen molar-refractivity contribution in [3.05, 3.63) is 41.7 Å². The Hall–Kier alpha value is -2.22. The lowest BCUT2D eigenvalue weighted by Gasteiger charge is -2.29. The van der Waals surface area contributed by atoms with Gasteiger partial charge < -0.3 is 10.2 Å². The standard InChI is InChI=1S/C17H21FN2O4S/c1-12(14-3-5-15(18)6-4-14)11-16(21)19-13(2)17(22)20-7-9-25(23,24)10-8-20/h3-6,11,13H,7-10H2,1-2H3,(H,19,21). The van der Waals surface area contributed by atoms with Crippen LogP contribution in [0.15, 0.2) is 30.3 Å². The normalized spacial score (nSPS) is 18.5. The highest BCUT2D eigenvalue weighted by molar-refractivity contribution is 7.91. The molecule has 1 atom stereocenters. The number of amides is 2. The van der Waals surface area contributed by atoms with Gasteiger partial charge in [0.05, 0.1) is 11.5 Å². The van der Waals surface area contributed by atoms with Gasteiger partial charge >= 0.3 is 0 Å². The fourth-order valence-electron chi connectivity index (χ4n) is 2.52. The van der Waals surface area contributed by atoms with Crippen LogP contribution in [0.3, 0.4) is 0 Å². The van der Waals surface area contributed by atoms with Crippen LogP contribution in [0.2, 0.25) is 0 Å². The molecular weight excluding hydrogens is 347 g/mol. The fourth-order valence-corrected chi connectivity index (χ4v) is 3.72. The number of hydrogen-bond donors (Lipinski definition) is 1. The molecule has 1 fully saturated rings. The molecule has 0 aliphatic carbocycles. The maximum absolute atomic E-state index is 12.9. The third-order valence-electron chi connectivity index (χ3n) is 4.03. The summed E-state index contributed by atoms with van der Waals surface area (Å²) < 4.78 is 35.7. The summed E-state index contributed by atoms with van der Waals surface area (Å²) in [7, 11) is -3.07. The SMILES string of the molecule is CC(=CC(=O)NC(C)C(=O)N1CCS(=O)(=O)CC1)c1ccc(F)cc1. The number of hydrogen-bond acceptors (Lipinski definition) is 4. The van der Waals surface area contributed by atoms with E-state index in [1.54, 1.807) is 26.0 Å². The van der Waals surface area contributed by atoms with Crippen molar-refractivity contribution in [2.75, 3.05) is 24.6 Å². The van der Waals surface area contributed by atoms with Gasteiger partial charge in [-0.15, -0.1) is 0 Å². The fraction of sp³-hybridized carbons (Fsp3) is 0.412. The molecule has 2 rings (SSSR count). The smallest absolute Gasteiger partial charge is 0.244 e. The molecule has 1 N–H and O–H groups in total. The zero-order chi connectivity index (χ0) is 18.6. The lowest BCUT2D eigenvalue weighted by atomic mass is 10.1. The Morgan fingerprint density at radius 1 is 1.20 bits per heavy atom. The second-order valence-electron chi connectivity index (χ2n) is 6.04. The van der Waals surface area contributed by atoms with Crippen molar-refractivity contribution in [1.82, 2.24) is 10.2 Å². The van der Waals surface area contributed by atoms with Gasteiger partial charge in [-0.05, 0) is 37.1 Å². The minimum atomic E-state index is -3.07. The Bertz CT molecular complexity index is 773. The minimum Gasteiger partial charge on any atom is -0.341 e. The highest BCUT2D eigenvalue weighted by Gasteiger charge is 2.28. The summed E-state index contributed by atoms with van der Waals surface area (Å²) in [5.74, 6) is -1.21. The molecule has 1 aliphatic rings. The molecule has 0 spiro atoms. The molecule has 1 unspecified atom stereocenters. The maximum Gasteiger partial charge on any atom is 0.244 e. The van der Waals surface area contributed by atoms with E-state index in [9.17, 15) is 22.4 Å². The summed E-state index contributed by atoms with van der Waals surface area (Å²) in [6.07, 6.45) is 1.34. The lowest BCUT2D eigenvalue weighted by Crippen LogP contribution is -2.51. The first-order valence-electron chi connectivity index (χ1n) is 7.92. The van der Waals surface area contributed by atoms with Gasteiger partial charge in [0.15, 0.2) is 9.84 Å². The average Bonchev–Trinajstić information content (AvgIpc) is 2.54. The average molecular weight is 368 g/mol. The van der Waals surface area contributed by atoms with Crippen molar-refractivity contribution in [3.63, 3.8) is 0 Å². The number of allylic oxidation sites excluding steroid dienone is 1. The molecule has 8 heteroatoms.